The number of rotatable bonds is 3. The molecule has 3 aromatic carbocycles. The van der Waals surface area contributed by atoms with Crippen molar-refractivity contribution in [1.82, 2.24) is 0 Å². The Bertz CT molecular complexity index is 490. The molecule has 0 N–H and O–H groups in total. The lowest BCUT2D eigenvalue weighted by molar-refractivity contribution is 0.960. The second kappa shape index (κ2) is 8.71. The van der Waals surface area contributed by atoms with Gasteiger partial charge in [0, 0.05) is 0 Å². The van der Waals surface area contributed by atoms with E-state index in [4.69, 9.17) is 0 Å². The van der Waals surface area contributed by atoms with Gasteiger partial charge in [-0.25, -0.2) is 0 Å². The summed E-state index contributed by atoms with van der Waals surface area (Å²) in [5.74, 6) is 0. The molecule has 0 heteroatoms. The fourth-order valence-electron chi connectivity index (χ4n) is 1.96. The lowest BCUT2D eigenvalue weighted by atomic mass is 10.0. The first-order valence-corrected chi connectivity index (χ1v) is 7.03. The van der Waals surface area contributed by atoms with Gasteiger partial charge in [-0.15, -0.1) is 0 Å². The lowest BCUT2D eigenvalue weighted by Gasteiger charge is -2.01. The zero-order valence-electron chi connectivity index (χ0n) is 11.7. The molecule has 0 spiro atoms. The van der Waals surface area contributed by atoms with Crippen molar-refractivity contribution in [3.8, 4) is 0 Å². The smallest absolute Gasteiger partial charge is 0.0238 e. The van der Waals surface area contributed by atoms with Crippen LogP contribution in [0.2, 0.25) is 0 Å². The summed E-state index contributed by atoms with van der Waals surface area (Å²) in [5, 5.41) is 0. The maximum atomic E-state index is 2.18. The van der Waals surface area contributed by atoms with Crippen molar-refractivity contribution in [2.45, 2.75) is 12.8 Å². The largest absolute Gasteiger partial charge is 0.0623 e. The van der Waals surface area contributed by atoms with Gasteiger partial charge in [0.05, 0.1) is 0 Å². The molecule has 0 aliphatic rings. The Kier molecular flexibility index (Phi) is 6.13. The third-order valence-electron chi connectivity index (χ3n) is 3.05. The molecule has 0 aliphatic carbocycles. The Morgan fingerprint density at radius 3 is 0.900 bits per heavy atom. The summed E-state index contributed by atoms with van der Waals surface area (Å²) in [4.78, 5) is 0. The topological polar surface area (TPSA) is 0 Å². The highest BCUT2D eigenvalue weighted by molar-refractivity contribution is 5.19. The summed E-state index contributed by atoms with van der Waals surface area (Å²) in [6.07, 6.45) is 2.26. The number of aryl methyl sites for hydroxylation is 2. The molecule has 0 fully saturated rings. The van der Waals surface area contributed by atoms with Gasteiger partial charge in [-0.2, -0.15) is 0 Å². The average molecular weight is 260 g/mol. The Hall–Kier alpha value is -2.34. The van der Waals surface area contributed by atoms with E-state index in [9.17, 15) is 0 Å². The summed E-state index contributed by atoms with van der Waals surface area (Å²) in [5.41, 5.74) is 2.83. The molecule has 0 saturated heterocycles. The van der Waals surface area contributed by atoms with Crippen LogP contribution in [0.3, 0.4) is 0 Å². The SMILES string of the molecule is c1ccc(CCc2ccccc2)cc1.c1ccccc1. The van der Waals surface area contributed by atoms with Crippen molar-refractivity contribution in [3.63, 3.8) is 0 Å². The Labute approximate surface area is 121 Å². The van der Waals surface area contributed by atoms with Gasteiger partial charge in [-0.05, 0) is 24.0 Å². The van der Waals surface area contributed by atoms with Gasteiger partial charge in [0.15, 0.2) is 0 Å². The van der Waals surface area contributed by atoms with Crippen LogP contribution < -0.4 is 0 Å². The molecule has 0 aromatic heterocycles. The van der Waals surface area contributed by atoms with Crippen LogP contribution in [0, 0.1) is 0 Å². The molecule has 0 saturated carbocycles. The van der Waals surface area contributed by atoms with Gasteiger partial charge in [0.1, 0.15) is 0 Å². The van der Waals surface area contributed by atoms with E-state index in [0.29, 0.717) is 0 Å². The van der Waals surface area contributed by atoms with Crippen LogP contribution in [-0.2, 0) is 12.8 Å². The fraction of sp³-hybridized carbons (Fsp3) is 0.100. The second-order valence-corrected chi connectivity index (χ2v) is 4.63. The highest BCUT2D eigenvalue weighted by Gasteiger charge is 1.93. The van der Waals surface area contributed by atoms with Crippen LogP contribution >= 0.6 is 0 Å². The Balaban J connectivity index is 0.000000205. The molecule has 3 aromatic rings. The van der Waals surface area contributed by atoms with E-state index in [1.54, 1.807) is 0 Å². The van der Waals surface area contributed by atoms with Crippen LogP contribution in [-0.4, -0.2) is 0 Å². The highest BCUT2D eigenvalue weighted by Crippen LogP contribution is 2.06. The molecule has 0 nitrogen and oxygen atoms in total. The highest BCUT2D eigenvalue weighted by atomic mass is 14.0. The standard InChI is InChI=1S/C14H14.C6H6/c1-3-7-13(8-4-1)11-12-14-9-5-2-6-10-14;1-2-4-6-5-3-1/h1-10H,11-12H2;1-6H. The number of benzene rings is 3. The molecule has 0 radical (unpaired) electrons. The van der Waals surface area contributed by atoms with Crippen molar-refractivity contribution >= 4 is 0 Å². The maximum Gasteiger partial charge on any atom is -0.0238 e. The third-order valence-corrected chi connectivity index (χ3v) is 3.05. The first-order chi connectivity index (χ1) is 9.95. The zero-order chi connectivity index (χ0) is 13.9. The molecular weight excluding hydrogens is 240 g/mol. The van der Waals surface area contributed by atoms with Crippen LogP contribution in [0.5, 0.6) is 0 Å². The minimum absolute atomic E-state index is 1.13. The third kappa shape index (κ3) is 5.53. The van der Waals surface area contributed by atoms with Gasteiger partial charge < -0.3 is 0 Å². The first kappa shape index (κ1) is 14.1. The van der Waals surface area contributed by atoms with E-state index in [1.165, 1.54) is 11.1 Å². The second-order valence-electron chi connectivity index (χ2n) is 4.63. The van der Waals surface area contributed by atoms with Gasteiger partial charge in [-0.1, -0.05) is 97.1 Å². The summed E-state index contributed by atoms with van der Waals surface area (Å²) in [7, 11) is 0. The van der Waals surface area contributed by atoms with Gasteiger partial charge in [0.25, 0.3) is 0 Å². The maximum absolute atomic E-state index is 2.18. The first-order valence-electron chi connectivity index (χ1n) is 7.03. The molecule has 0 unspecified atom stereocenters. The fourth-order valence-corrected chi connectivity index (χ4v) is 1.96. The molecular formula is C20H20. The minimum Gasteiger partial charge on any atom is -0.0623 e. The van der Waals surface area contributed by atoms with Crippen LogP contribution in [0.15, 0.2) is 97.1 Å². The molecule has 0 aliphatic heterocycles. The van der Waals surface area contributed by atoms with Gasteiger partial charge >= 0.3 is 0 Å². The van der Waals surface area contributed by atoms with Crippen molar-refractivity contribution in [2.75, 3.05) is 0 Å². The summed E-state index contributed by atoms with van der Waals surface area (Å²) < 4.78 is 0. The summed E-state index contributed by atoms with van der Waals surface area (Å²) in [6.45, 7) is 0. The van der Waals surface area contributed by atoms with Crippen LogP contribution in [0.25, 0.3) is 0 Å². The normalized spacial score (nSPS) is 9.40. The predicted octanol–water partition coefficient (Wildman–Crippen LogP) is 5.16. The molecule has 100 valence electrons. The molecule has 0 bridgehead atoms. The van der Waals surface area contributed by atoms with Crippen molar-refractivity contribution < 1.29 is 0 Å². The van der Waals surface area contributed by atoms with E-state index in [-0.39, 0.29) is 0 Å². The average Bonchev–Trinajstić information content (AvgIpc) is 2.57. The van der Waals surface area contributed by atoms with Crippen molar-refractivity contribution in [3.05, 3.63) is 108 Å². The summed E-state index contributed by atoms with van der Waals surface area (Å²) >= 11 is 0. The number of hydrogen-bond acceptors (Lipinski definition) is 0. The van der Waals surface area contributed by atoms with Gasteiger partial charge in [-0.3, -0.25) is 0 Å². The van der Waals surface area contributed by atoms with Crippen molar-refractivity contribution in [2.24, 2.45) is 0 Å². The molecule has 3 rings (SSSR count). The molecule has 20 heavy (non-hydrogen) atoms. The van der Waals surface area contributed by atoms with Crippen LogP contribution in [0.4, 0.5) is 0 Å². The zero-order valence-corrected chi connectivity index (χ0v) is 11.7. The van der Waals surface area contributed by atoms with E-state index < -0.39 is 0 Å². The van der Waals surface area contributed by atoms with E-state index in [2.05, 4.69) is 60.7 Å². The Morgan fingerprint density at radius 2 is 0.600 bits per heavy atom. The monoisotopic (exact) mass is 260 g/mol. The van der Waals surface area contributed by atoms with E-state index in [0.717, 1.165) is 12.8 Å². The van der Waals surface area contributed by atoms with Gasteiger partial charge in [0.2, 0.25) is 0 Å². The molecule has 0 heterocycles. The van der Waals surface area contributed by atoms with Crippen molar-refractivity contribution in [1.29, 1.82) is 0 Å². The molecule has 0 atom stereocenters. The molecule has 0 amide bonds. The minimum atomic E-state index is 1.13. The summed E-state index contributed by atoms with van der Waals surface area (Å²) in [6, 6.07) is 33.2. The lowest BCUT2D eigenvalue weighted by Crippen LogP contribution is -1.89. The van der Waals surface area contributed by atoms with E-state index in [1.807, 2.05) is 36.4 Å². The quantitative estimate of drug-likeness (QED) is 0.610. The predicted molar refractivity (Wildman–Crippen MR) is 86.7 cm³/mol. The number of hydrogen-bond donors (Lipinski definition) is 0. The Morgan fingerprint density at radius 1 is 0.350 bits per heavy atom. The van der Waals surface area contributed by atoms with E-state index >= 15 is 0 Å². The van der Waals surface area contributed by atoms with Crippen LogP contribution in [0.1, 0.15) is 11.1 Å².